The average molecular weight is 336 g/mol. The highest BCUT2D eigenvalue weighted by atomic mass is 35.5. The number of aryl methyl sites for hydroxylation is 1. The fraction of sp³-hybridized carbons (Fsp3) is 0.0714. The first kappa shape index (κ1) is 16.4. The van der Waals surface area contributed by atoms with E-state index in [1.165, 1.54) is 30.3 Å². The van der Waals surface area contributed by atoms with Crippen molar-refractivity contribution < 1.29 is 14.6 Å². The Hall–Kier alpha value is -3.00. The van der Waals surface area contributed by atoms with E-state index in [0.717, 1.165) is 6.07 Å². The first-order valence-corrected chi connectivity index (χ1v) is 6.67. The molecule has 0 aromatic heterocycles. The monoisotopic (exact) mass is 335 g/mol. The van der Waals surface area contributed by atoms with E-state index < -0.39 is 21.4 Å². The van der Waals surface area contributed by atoms with Crippen LogP contribution in [0, 0.1) is 27.2 Å². The second-order valence-corrected chi connectivity index (χ2v) is 5.04. The molecule has 0 fully saturated rings. The minimum atomic E-state index is -0.699. The molecule has 0 spiro atoms. The minimum Gasteiger partial charge on any atom is -0.322 e. The van der Waals surface area contributed by atoms with Crippen LogP contribution in [0.5, 0.6) is 0 Å². The standard InChI is InChI=1S/C14H10ClN3O5/c1-8-2-4-10(7-12(8)17(20)21)16-14(19)9-3-5-11(15)13(6-9)18(22)23/h2-7H,1H3,(H,16,19). The van der Waals surface area contributed by atoms with Crippen molar-refractivity contribution in [3.8, 4) is 0 Å². The van der Waals surface area contributed by atoms with E-state index in [1.807, 2.05) is 0 Å². The van der Waals surface area contributed by atoms with Gasteiger partial charge in [-0.05, 0) is 25.1 Å². The van der Waals surface area contributed by atoms with E-state index in [2.05, 4.69) is 5.32 Å². The van der Waals surface area contributed by atoms with Gasteiger partial charge in [-0.1, -0.05) is 17.7 Å². The lowest BCUT2D eigenvalue weighted by Gasteiger charge is -2.06. The molecule has 0 atom stereocenters. The van der Waals surface area contributed by atoms with Gasteiger partial charge in [0.1, 0.15) is 5.02 Å². The van der Waals surface area contributed by atoms with Crippen molar-refractivity contribution in [2.75, 3.05) is 5.32 Å². The highest BCUT2D eigenvalue weighted by Crippen LogP contribution is 2.26. The Morgan fingerprint density at radius 3 is 2.30 bits per heavy atom. The molecule has 118 valence electrons. The molecule has 9 heteroatoms. The second kappa shape index (κ2) is 6.41. The van der Waals surface area contributed by atoms with Crippen LogP contribution in [-0.4, -0.2) is 15.8 Å². The summed E-state index contributed by atoms with van der Waals surface area (Å²) in [4.78, 5) is 32.6. The predicted octanol–water partition coefficient (Wildman–Crippen LogP) is 3.72. The Morgan fingerprint density at radius 1 is 1.04 bits per heavy atom. The van der Waals surface area contributed by atoms with Crippen LogP contribution >= 0.6 is 11.6 Å². The first-order chi connectivity index (χ1) is 10.8. The van der Waals surface area contributed by atoms with Gasteiger partial charge in [0.05, 0.1) is 9.85 Å². The smallest absolute Gasteiger partial charge is 0.288 e. The molecule has 0 saturated heterocycles. The fourth-order valence-electron chi connectivity index (χ4n) is 1.88. The molecule has 1 N–H and O–H groups in total. The number of carbonyl (C=O) groups excluding carboxylic acids is 1. The van der Waals surface area contributed by atoms with Gasteiger partial charge in [-0.3, -0.25) is 25.0 Å². The number of anilines is 1. The summed E-state index contributed by atoms with van der Waals surface area (Å²) in [5, 5.41) is 24.1. The summed E-state index contributed by atoms with van der Waals surface area (Å²) in [6.45, 7) is 1.58. The number of nitro benzene ring substituents is 2. The van der Waals surface area contributed by atoms with Crippen LogP contribution in [0.4, 0.5) is 17.1 Å². The number of nitrogens with one attached hydrogen (secondary N) is 1. The third kappa shape index (κ3) is 3.61. The van der Waals surface area contributed by atoms with E-state index in [4.69, 9.17) is 11.6 Å². The zero-order chi connectivity index (χ0) is 17.1. The zero-order valence-corrected chi connectivity index (χ0v) is 12.5. The van der Waals surface area contributed by atoms with Crippen LogP contribution < -0.4 is 5.32 Å². The number of nitrogens with zero attached hydrogens (tertiary/aromatic N) is 2. The Labute approximate surface area is 135 Å². The maximum absolute atomic E-state index is 12.1. The lowest BCUT2D eigenvalue weighted by Crippen LogP contribution is -2.12. The molecule has 8 nitrogen and oxygen atoms in total. The number of hydrogen-bond donors (Lipinski definition) is 1. The van der Waals surface area contributed by atoms with Gasteiger partial charge in [-0.2, -0.15) is 0 Å². The van der Waals surface area contributed by atoms with Crippen LogP contribution in [0.3, 0.4) is 0 Å². The van der Waals surface area contributed by atoms with Crippen molar-refractivity contribution in [1.29, 1.82) is 0 Å². The summed E-state index contributed by atoms with van der Waals surface area (Å²) in [5.41, 5.74) is 0.156. The van der Waals surface area contributed by atoms with E-state index in [1.54, 1.807) is 6.92 Å². The van der Waals surface area contributed by atoms with Crippen LogP contribution in [0.25, 0.3) is 0 Å². The molecule has 0 aliphatic heterocycles. The number of rotatable bonds is 4. The molecule has 0 bridgehead atoms. The van der Waals surface area contributed by atoms with E-state index in [9.17, 15) is 25.0 Å². The molecule has 2 rings (SSSR count). The van der Waals surface area contributed by atoms with Crippen LogP contribution in [-0.2, 0) is 0 Å². The van der Waals surface area contributed by atoms with Crippen molar-refractivity contribution in [2.45, 2.75) is 6.92 Å². The molecule has 2 aromatic carbocycles. The summed E-state index contributed by atoms with van der Waals surface area (Å²) < 4.78 is 0. The van der Waals surface area contributed by atoms with Crippen LogP contribution in [0.15, 0.2) is 36.4 Å². The lowest BCUT2D eigenvalue weighted by atomic mass is 10.1. The minimum absolute atomic E-state index is 0.0179. The van der Waals surface area contributed by atoms with Gasteiger partial charge >= 0.3 is 0 Å². The van der Waals surface area contributed by atoms with Crippen LogP contribution in [0.2, 0.25) is 5.02 Å². The first-order valence-electron chi connectivity index (χ1n) is 6.30. The van der Waals surface area contributed by atoms with Crippen molar-refractivity contribution in [3.05, 3.63) is 72.8 Å². The van der Waals surface area contributed by atoms with Gasteiger partial charge in [0.25, 0.3) is 17.3 Å². The van der Waals surface area contributed by atoms with E-state index >= 15 is 0 Å². The van der Waals surface area contributed by atoms with Gasteiger partial charge in [0, 0.05) is 28.9 Å². The zero-order valence-electron chi connectivity index (χ0n) is 11.8. The number of carbonyl (C=O) groups is 1. The van der Waals surface area contributed by atoms with Crippen molar-refractivity contribution in [1.82, 2.24) is 0 Å². The van der Waals surface area contributed by atoms with Crippen LogP contribution in [0.1, 0.15) is 15.9 Å². The molecule has 23 heavy (non-hydrogen) atoms. The Bertz CT molecular complexity index is 822. The summed E-state index contributed by atoms with van der Waals surface area (Å²) in [5.74, 6) is -0.636. The third-order valence-electron chi connectivity index (χ3n) is 3.07. The van der Waals surface area contributed by atoms with Gasteiger partial charge in [-0.25, -0.2) is 0 Å². The quantitative estimate of drug-likeness (QED) is 0.675. The Kier molecular flexibility index (Phi) is 4.56. The van der Waals surface area contributed by atoms with Crippen molar-refractivity contribution in [2.24, 2.45) is 0 Å². The number of amides is 1. The van der Waals surface area contributed by atoms with Gasteiger partial charge in [0.2, 0.25) is 0 Å². The maximum Gasteiger partial charge on any atom is 0.288 e. The Morgan fingerprint density at radius 2 is 1.70 bits per heavy atom. The fourth-order valence-corrected chi connectivity index (χ4v) is 2.07. The maximum atomic E-state index is 12.1. The summed E-state index contributed by atoms with van der Waals surface area (Å²) in [6.07, 6.45) is 0. The number of hydrogen-bond acceptors (Lipinski definition) is 5. The molecular weight excluding hydrogens is 326 g/mol. The molecular formula is C14H10ClN3O5. The van der Waals surface area contributed by atoms with E-state index in [-0.39, 0.29) is 22.0 Å². The predicted molar refractivity (Wildman–Crippen MR) is 83.9 cm³/mol. The molecule has 0 aliphatic rings. The molecule has 2 aromatic rings. The lowest BCUT2D eigenvalue weighted by molar-refractivity contribution is -0.385. The average Bonchev–Trinajstić information content (AvgIpc) is 2.49. The largest absolute Gasteiger partial charge is 0.322 e. The molecule has 0 aliphatic carbocycles. The topological polar surface area (TPSA) is 115 Å². The number of nitro groups is 2. The van der Waals surface area contributed by atoms with Crippen molar-refractivity contribution >= 4 is 34.6 Å². The normalized spacial score (nSPS) is 10.2. The Balaban J connectivity index is 2.29. The SMILES string of the molecule is Cc1ccc(NC(=O)c2ccc(Cl)c([N+](=O)[O-])c2)cc1[N+](=O)[O-]. The summed E-state index contributed by atoms with van der Waals surface area (Å²) in [7, 11) is 0. The van der Waals surface area contributed by atoms with Crippen molar-refractivity contribution in [3.63, 3.8) is 0 Å². The number of halogens is 1. The van der Waals surface area contributed by atoms with Gasteiger partial charge < -0.3 is 5.32 Å². The summed E-state index contributed by atoms with van der Waals surface area (Å²) in [6, 6.07) is 7.83. The second-order valence-electron chi connectivity index (χ2n) is 4.64. The number of benzene rings is 2. The third-order valence-corrected chi connectivity index (χ3v) is 3.39. The summed E-state index contributed by atoms with van der Waals surface area (Å²) >= 11 is 5.68. The molecule has 0 heterocycles. The molecule has 1 amide bonds. The highest BCUT2D eigenvalue weighted by Gasteiger charge is 2.17. The highest BCUT2D eigenvalue weighted by molar-refractivity contribution is 6.32. The molecule has 0 unspecified atom stereocenters. The van der Waals surface area contributed by atoms with Gasteiger partial charge in [-0.15, -0.1) is 0 Å². The van der Waals surface area contributed by atoms with Gasteiger partial charge in [0.15, 0.2) is 0 Å². The molecule has 0 radical (unpaired) electrons. The van der Waals surface area contributed by atoms with E-state index in [0.29, 0.717) is 5.56 Å². The molecule has 0 saturated carbocycles.